The highest BCUT2D eigenvalue weighted by atomic mass is 35.5. The van der Waals surface area contributed by atoms with E-state index in [-0.39, 0.29) is 17.4 Å². The fourth-order valence-corrected chi connectivity index (χ4v) is 5.16. The average Bonchev–Trinajstić information content (AvgIpc) is 2.70. The lowest BCUT2D eigenvalue weighted by Gasteiger charge is -2.15. The van der Waals surface area contributed by atoms with Gasteiger partial charge in [-0.1, -0.05) is 36.4 Å². The number of carbonyl (C=O) groups excluding carboxylic acids is 1. The zero-order chi connectivity index (χ0) is 15.0. The van der Waals surface area contributed by atoms with Crippen molar-refractivity contribution in [1.29, 1.82) is 0 Å². The summed E-state index contributed by atoms with van der Waals surface area (Å²) in [5.41, 5.74) is 0.529. The fourth-order valence-electron chi connectivity index (χ4n) is 2.61. The number of nitrogens with one attached hydrogen (secondary N) is 1. The van der Waals surface area contributed by atoms with Gasteiger partial charge in [-0.25, -0.2) is 8.42 Å². The minimum absolute atomic E-state index is 0.0883. The van der Waals surface area contributed by atoms with Crippen molar-refractivity contribution in [2.45, 2.75) is 11.4 Å². The maximum atomic E-state index is 12.4. The first kappa shape index (κ1) is 14.4. The molecule has 2 aromatic carbocycles. The SMILES string of the molecule is O=C(N[C@@H]1CS(=O)(=O)C[C@H]1Cl)c1cccc2ccccc12. The molecule has 4 nitrogen and oxygen atoms in total. The van der Waals surface area contributed by atoms with Gasteiger partial charge in [-0.05, 0) is 16.8 Å². The molecule has 6 heteroatoms. The molecule has 1 amide bonds. The summed E-state index contributed by atoms with van der Waals surface area (Å²) >= 11 is 6.02. The zero-order valence-electron chi connectivity index (χ0n) is 11.1. The van der Waals surface area contributed by atoms with Crippen LogP contribution in [0, 0.1) is 0 Å². The first-order valence-electron chi connectivity index (χ1n) is 6.59. The highest BCUT2D eigenvalue weighted by Crippen LogP contribution is 2.21. The van der Waals surface area contributed by atoms with Crippen molar-refractivity contribution in [2.24, 2.45) is 0 Å². The molecule has 0 spiro atoms. The van der Waals surface area contributed by atoms with Gasteiger partial charge in [-0.2, -0.15) is 0 Å². The minimum atomic E-state index is -3.16. The van der Waals surface area contributed by atoms with Crippen molar-refractivity contribution in [3.63, 3.8) is 0 Å². The van der Waals surface area contributed by atoms with Crippen LogP contribution >= 0.6 is 11.6 Å². The van der Waals surface area contributed by atoms with Crippen LogP contribution in [0.5, 0.6) is 0 Å². The summed E-state index contributed by atoms with van der Waals surface area (Å²) in [7, 11) is -3.16. The minimum Gasteiger partial charge on any atom is -0.347 e. The summed E-state index contributed by atoms with van der Waals surface area (Å²) < 4.78 is 23.1. The molecule has 1 aliphatic heterocycles. The van der Waals surface area contributed by atoms with E-state index in [4.69, 9.17) is 11.6 Å². The lowest BCUT2D eigenvalue weighted by molar-refractivity contribution is 0.0943. The smallest absolute Gasteiger partial charge is 0.252 e. The summed E-state index contributed by atoms with van der Waals surface area (Å²) in [6.45, 7) is 0. The molecular weight excluding hydrogens is 310 g/mol. The summed E-state index contributed by atoms with van der Waals surface area (Å²) in [4.78, 5) is 12.4. The first-order valence-corrected chi connectivity index (χ1v) is 8.85. The molecule has 0 bridgehead atoms. The Balaban J connectivity index is 1.88. The molecule has 3 rings (SSSR count). The van der Waals surface area contributed by atoms with Gasteiger partial charge in [0.05, 0.1) is 22.9 Å². The second-order valence-electron chi connectivity index (χ2n) is 5.20. The molecule has 0 aromatic heterocycles. The molecule has 1 fully saturated rings. The highest BCUT2D eigenvalue weighted by molar-refractivity contribution is 7.91. The summed E-state index contributed by atoms with van der Waals surface area (Å²) in [5.74, 6) is -0.480. The Bertz CT molecular complexity index is 798. The monoisotopic (exact) mass is 323 g/mol. The third-order valence-corrected chi connectivity index (χ3v) is 6.01. The van der Waals surface area contributed by atoms with Crippen LogP contribution in [-0.4, -0.2) is 37.2 Å². The van der Waals surface area contributed by atoms with Crippen LogP contribution < -0.4 is 5.32 Å². The predicted molar refractivity (Wildman–Crippen MR) is 83.5 cm³/mol. The van der Waals surface area contributed by atoms with E-state index in [0.29, 0.717) is 5.56 Å². The molecular formula is C15H14ClNO3S. The van der Waals surface area contributed by atoms with Gasteiger partial charge in [-0.15, -0.1) is 11.6 Å². The van der Waals surface area contributed by atoms with E-state index in [0.717, 1.165) is 10.8 Å². The van der Waals surface area contributed by atoms with Crippen LogP contribution in [0.15, 0.2) is 42.5 Å². The van der Waals surface area contributed by atoms with Crippen molar-refractivity contribution < 1.29 is 13.2 Å². The van der Waals surface area contributed by atoms with E-state index in [1.807, 2.05) is 30.3 Å². The third kappa shape index (κ3) is 2.89. The van der Waals surface area contributed by atoms with Crippen molar-refractivity contribution in [3.05, 3.63) is 48.0 Å². The number of carbonyl (C=O) groups is 1. The molecule has 0 saturated carbocycles. The van der Waals surface area contributed by atoms with E-state index in [1.54, 1.807) is 12.1 Å². The Morgan fingerprint density at radius 1 is 1.10 bits per heavy atom. The summed E-state index contributed by atoms with van der Waals surface area (Å²) in [6, 6.07) is 12.5. The Morgan fingerprint density at radius 2 is 1.81 bits per heavy atom. The topological polar surface area (TPSA) is 63.2 Å². The fraction of sp³-hybridized carbons (Fsp3) is 0.267. The molecule has 1 saturated heterocycles. The van der Waals surface area contributed by atoms with Gasteiger partial charge in [0.15, 0.2) is 9.84 Å². The molecule has 1 N–H and O–H groups in total. The summed E-state index contributed by atoms with van der Waals surface area (Å²) in [6.07, 6.45) is 0. The largest absolute Gasteiger partial charge is 0.347 e. The van der Waals surface area contributed by atoms with Gasteiger partial charge in [0.1, 0.15) is 0 Å². The van der Waals surface area contributed by atoms with Gasteiger partial charge >= 0.3 is 0 Å². The number of halogens is 1. The van der Waals surface area contributed by atoms with Crippen molar-refractivity contribution in [2.75, 3.05) is 11.5 Å². The molecule has 21 heavy (non-hydrogen) atoms. The van der Waals surface area contributed by atoms with Gasteiger partial charge in [-0.3, -0.25) is 4.79 Å². The lowest BCUT2D eigenvalue weighted by atomic mass is 10.0. The predicted octanol–water partition coefficient (Wildman–Crippen LogP) is 1.97. The normalized spacial score (nSPS) is 24.0. The maximum Gasteiger partial charge on any atom is 0.252 e. The van der Waals surface area contributed by atoms with E-state index in [1.165, 1.54) is 0 Å². The molecule has 2 atom stereocenters. The van der Waals surface area contributed by atoms with E-state index >= 15 is 0 Å². The number of rotatable bonds is 2. The Morgan fingerprint density at radius 3 is 2.52 bits per heavy atom. The van der Waals surface area contributed by atoms with E-state index in [9.17, 15) is 13.2 Å². The Kier molecular flexibility index (Phi) is 3.63. The van der Waals surface area contributed by atoms with Crippen LogP contribution in [0.25, 0.3) is 10.8 Å². The Hall–Kier alpha value is -1.59. The van der Waals surface area contributed by atoms with Gasteiger partial charge in [0.25, 0.3) is 5.91 Å². The van der Waals surface area contributed by atoms with Crippen LogP contribution in [-0.2, 0) is 9.84 Å². The number of hydrogen-bond acceptors (Lipinski definition) is 3. The van der Waals surface area contributed by atoms with Gasteiger partial charge in [0, 0.05) is 5.56 Å². The second kappa shape index (κ2) is 5.31. The lowest BCUT2D eigenvalue weighted by Crippen LogP contribution is -2.40. The first-order chi connectivity index (χ1) is 9.96. The highest BCUT2D eigenvalue weighted by Gasteiger charge is 2.37. The maximum absolute atomic E-state index is 12.4. The summed E-state index contributed by atoms with van der Waals surface area (Å²) in [5, 5.41) is 3.97. The van der Waals surface area contributed by atoms with Crippen LogP contribution in [0.2, 0.25) is 0 Å². The quantitative estimate of drug-likeness (QED) is 0.859. The number of alkyl halides is 1. The Labute approximate surface area is 128 Å². The van der Waals surface area contributed by atoms with Gasteiger partial charge < -0.3 is 5.32 Å². The van der Waals surface area contributed by atoms with Crippen LogP contribution in [0.3, 0.4) is 0 Å². The van der Waals surface area contributed by atoms with Gasteiger partial charge in [0.2, 0.25) is 0 Å². The number of sulfone groups is 1. The number of amides is 1. The molecule has 0 aliphatic carbocycles. The molecule has 0 radical (unpaired) electrons. The molecule has 2 aromatic rings. The second-order valence-corrected chi connectivity index (χ2v) is 7.91. The molecule has 1 aliphatic rings. The van der Waals surface area contributed by atoms with Crippen molar-refractivity contribution in [3.8, 4) is 0 Å². The van der Waals surface area contributed by atoms with Crippen LogP contribution in [0.4, 0.5) is 0 Å². The number of benzene rings is 2. The van der Waals surface area contributed by atoms with Crippen molar-refractivity contribution in [1.82, 2.24) is 5.32 Å². The van der Waals surface area contributed by atoms with Crippen molar-refractivity contribution >= 4 is 38.1 Å². The van der Waals surface area contributed by atoms with E-state index < -0.39 is 21.3 Å². The molecule has 110 valence electrons. The van der Waals surface area contributed by atoms with Crippen LogP contribution in [0.1, 0.15) is 10.4 Å². The standard InChI is InChI=1S/C15H14ClNO3S/c16-13-8-21(19,20)9-14(13)17-15(18)12-7-3-5-10-4-1-2-6-11(10)12/h1-7,13-14H,8-9H2,(H,17,18)/t13-,14-/m1/s1. The third-order valence-electron chi connectivity index (χ3n) is 3.63. The number of fused-ring (bicyclic) bond motifs is 1. The average molecular weight is 324 g/mol. The zero-order valence-corrected chi connectivity index (χ0v) is 12.7. The molecule has 1 heterocycles. The van der Waals surface area contributed by atoms with E-state index in [2.05, 4.69) is 5.32 Å². The number of hydrogen-bond donors (Lipinski definition) is 1. The molecule has 0 unspecified atom stereocenters.